The standard InChI is InChI=1S/C31H42/c1-8-12-26-13-14-27(21-25(26)11-4)30-16-15-28-19-24(17-18-31(28,30)7)20-29(22(5)9-2)23(6)10-3/h8,11-14,17-18,20-21,25-26,28,30H,4-5,9-10,15-16,19H2,1-3,6-7H3/b12-8-,24-20-,29-23-. The zero-order valence-corrected chi connectivity index (χ0v) is 20.5. The predicted octanol–water partition coefficient (Wildman–Crippen LogP) is 9.09. The Balaban J connectivity index is 1.88. The highest BCUT2D eigenvalue weighted by Crippen LogP contribution is 2.57. The molecule has 5 unspecified atom stereocenters. The van der Waals surface area contributed by atoms with E-state index in [1.54, 1.807) is 0 Å². The summed E-state index contributed by atoms with van der Waals surface area (Å²) >= 11 is 0. The summed E-state index contributed by atoms with van der Waals surface area (Å²) in [5.41, 5.74) is 7.35. The minimum Gasteiger partial charge on any atom is -0.102 e. The average Bonchev–Trinajstić information content (AvgIpc) is 3.13. The summed E-state index contributed by atoms with van der Waals surface area (Å²) < 4.78 is 0. The Hall–Kier alpha value is -2.08. The molecule has 0 bridgehead atoms. The molecule has 0 heterocycles. The molecule has 0 aromatic heterocycles. The average molecular weight is 415 g/mol. The van der Waals surface area contributed by atoms with Crippen LogP contribution in [-0.4, -0.2) is 0 Å². The van der Waals surface area contributed by atoms with Gasteiger partial charge in [-0.15, -0.1) is 6.58 Å². The van der Waals surface area contributed by atoms with Crippen molar-refractivity contribution in [2.75, 3.05) is 0 Å². The van der Waals surface area contributed by atoms with Crippen LogP contribution >= 0.6 is 0 Å². The monoisotopic (exact) mass is 414 g/mol. The molecule has 5 atom stereocenters. The zero-order chi connectivity index (χ0) is 22.6. The van der Waals surface area contributed by atoms with Crippen LogP contribution in [0.3, 0.4) is 0 Å². The summed E-state index contributed by atoms with van der Waals surface area (Å²) in [4.78, 5) is 0. The van der Waals surface area contributed by atoms with Crippen LogP contribution in [0.5, 0.6) is 0 Å². The van der Waals surface area contributed by atoms with E-state index < -0.39 is 0 Å². The molecule has 166 valence electrons. The van der Waals surface area contributed by atoms with Crippen LogP contribution in [0.15, 0.2) is 95.7 Å². The highest BCUT2D eigenvalue weighted by Gasteiger charge is 2.47. The van der Waals surface area contributed by atoms with Crippen molar-refractivity contribution < 1.29 is 0 Å². The molecule has 0 aromatic rings. The van der Waals surface area contributed by atoms with Crippen molar-refractivity contribution in [3.8, 4) is 0 Å². The van der Waals surface area contributed by atoms with E-state index in [0.29, 0.717) is 17.8 Å². The largest absolute Gasteiger partial charge is 0.102 e. The number of hydrogen-bond acceptors (Lipinski definition) is 0. The molecule has 0 heteroatoms. The van der Waals surface area contributed by atoms with Gasteiger partial charge in [-0.3, -0.25) is 0 Å². The van der Waals surface area contributed by atoms with Crippen LogP contribution in [0.4, 0.5) is 0 Å². The van der Waals surface area contributed by atoms with Crippen molar-refractivity contribution in [3.05, 3.63) is 95.7 Å². The summed E-state index contributed by atoms with van der Waals surface area (Å²) in [6, 6.07) is 0. The van der Waals surface area contributed by atoms with Gasteiger partial charge in [0.2, 0.25) is 0 Å². The van der Waals surface area contributed by atoms with Gasteiger partial charge >= 0.3 is 0 Å². The van der Waals surface area contributed by atoms with Crippen LogP contribution in [0.2, 0.25) is 0 Å². The summed E-state index contributed by atoms with van der Waals surface area (Å²) in [5, 5.41) is 0. The lowest BCUT2D eigenvalue weighted by atomic mass is 9.65. The van der Waals surface area contributed by atoms with Gasteiger partial charge in [0, 0.05) is 11.8 Å². The van der Waals surface area contributed by atoms with Crippen LogP contribution in [-0.2, 0) is 0 Å². The van der Waals surface area contributed by atoms with E-state index in [1.165, 1.54) is 47.1 Å². The lowest BCUT2D eigenvalue weighted by molar-refractivity contribution is 0.246. The third-order valence-corrected chi connectivity index (χ3v) is 8.13. The van der Waals surface area contributed by atoms with E-state index in [1.807, 2.05) is 0 Å². The van der Waals surface area contributed by atoms with Crippen LogP contribution in [0.25, 0.3) is 0 Å². The summed E-state index contributed by atoms with van der Waals surface area (Å²) in [7, 11) is 0. The normalized spacial score (nSPS) is 34.6. The van der Waals surface area contributed by atoms with E-state index in [2.05, 4.69) is 102 Å². The highest BCUT2D eigenvalue weighted by atomic mass is 14.5. The lowest BCUT2D eigenvalue weighted by Gasteiger charge is -2.39. The predicted molar refractivity (Wildman–Crippen MR) is 138 cm³/mol. The van der Waals surface area contributed by atoms with Crippen molar-refractivity contribution in [1.82, 2.24) is 0 Å². The fraction of sp³-hybridized carbons (Fsp3) is 0.484. The molecular weight excluding hydrogens is 372 g/mol. The maximum Gasteiger partial charge on any atom is 0.00475 e. The first kappa shape index (κ1) is 23.6. The molecule has 31 heavy (non-hydrogen) atoms. The number of rotatable bonds is 7. The van der Waals surface area contributed by atoms with E-state index in [0.717, 1.165) is 18.8 Å². The molecule has 0 amide bonds. The van der Waals surface area contributed by atoms with Gasteiger partial charge in [-0.2, -0.15) is 0 Å². The van der Waals surface area contributed by atoms with E-state index in [4.69, 9.17) is 0 Å². The molecule has 0 saturated heterocycles. The van der Waals surface area contributed by atoms with Gasteiger partial charge in [0.1, 0.15) is 0 Å². The molecule has 0 aliphatic heterocycles. The van der Waals surface area contributed by atoms with Gasteiger partial charge in [0.05, 0.1) is 0 Å². The van der Waals surface area contributed by atoms with Crippen LogP contribution in [0.1, 0.15) is 66.7 Å². The first-order valence-electron chi connectivity index (χ1n) is 12.3. The highest BCUT2D eigenvalue weighted by molar-refractivity contribution is 5.47. The first-order valence-corrected chi connectivity index (χ1v) is 12.3. The number of fused-ring (bicyclic) bond motifs is 1. The molecule has 3 aliphatic rings. The Labute approximate surface area is 191 Å². The van der Waals surface area contributed by atoms with E-state index in [9.17, 15) is 0 Å². The Morgan fingerprint density at radius 2 is 1.94 bits per heavy atom. The van der Waals surface area contributed by atoms with Crippen LogP contribution < -0.4 is 0 Å². The third kappa shape index (κ3) is 4.74. The van der Waals surface area contributed by atoms with Gasteiger partial charge in [0.15, 0.2) is 0 Å². The van der Waals surface area contributed by atoms with Gasteiger partial charge < -0.3 is 0 Å². The van der Waals surface area contributed by atoms with Gasteiger partial charge in [-0.25, -0.2) is 0 Å². The second-order valence-electron chi connectivity index (χ2n) is 9.90. The van der Waals surface area contributed by atoms with E-state index in [-0.39, 0.29) is 5.41 Å². The number of allylic oxidation sites excluding steroid dienone is 14. The van der Waals surface area contributed by atoms with Crippen molar-refractivity contribution in [2.24, 2.45) is 29.1 Å². The fourth-order valence-corrected chi connectivity index (χ4v) is 5.83. The molecular formula is C31H42. The van der Waals surface area contributed by atoms with Gasteiger partial charge in [-0.1, -0.05) is 87.6 Å². The van der Waals surface area contributed by atoms with Crippen molar-refractivity contribution in [1.29, 1.82) is 0 Å². The Morgan fingerprint density at radius 3 is 2.58 bits per heavy atom. The lowest BCUT2D eigenvalue weighted by Crippen LogP contribution is -2.30. The molecule has 3 aliphatic carbocycles. The van der Waals surface area contributed by atoms with Crippen LogP contribution in [0, 0.1) is 29.1 Å². The number of hydrogen-bond donors (Lipinski definition) is 0. The Bertz CT molecular complexity index is 881. The molecule has 0 nitrogen and oxygen atoms in total. The quantitative estimate of drug-likeness (QED) is 0.288. The topological polar surface area (TPSA) is 0 Å². The maximum absolute atomic E-state index is 4.34. The molecule has 0 spiro atoms. The maximum atomic E-state index is 4.34. The first-order chi connectivity index (χ1) is 14.9. The second kappa shape index (κ2) is 10.0. The minimum atomic E-state index is 0.248. The summed E-state index contributed by atoms with van der Waals surface area (Å²) in [6.45, 7) is 19.8. The van der Waals surface area contributed by atoms with Crippen molar-refractivity contribution in [2.45, 2.75) is 66.7 Å². The SMILES string of the molecule is C=CC1C=C(C2CCC3C/C(=C\C(C(=C)CC)=C(/C)CC)C=CC32C)C=CC1/C=C\C. The fourth-order valence-electron chi connectivity index (χ4n) is 5.83. The molecule has 1 fully saturated rings. The Kier molecular flexibility index (Phi) is 7.63. The molecule has 0 radical (unpaired) electrons. The Morgan fingerprint density at radius 1 is 1.16 bits per heavy atom. The van der Waals surface area contributed by atoms with Gasteiger partial charge in [0.25, 0.3) is 0 Å². The smallest absolute Gasteiger partial charge is 0.00475 e. The molecule has 0 N–H and O–H groups in total. The third-order valence-electron chi connectivity index (χ3n) is 8.13. The van der Waals surface area contributed by atoms with Crippen molar-refractivity contribution in [3.63, 3.8) is 0 Å². The second-order valence-corrected chi connectivity index (χ2v) is 9.90. The van der Waals surface area contributed by atoms with Crippen molar-refractivity contribution >= 4 is 0 Å². The summed E-state index contributed by atoms with van der Waals surface area (Å²) in [6.07, 6.45) is 27.1. The molecule has 0 aromatic carbocycles. The minimum absolute atomic E-state index is 0.248. The zero-order valence-electron chi connectivity index (χ0n) is 20.5. The molecule has 3 rings (SSSR count). The molecule has 1 saturated carbocycles. The van der Waals surface area contributed by atoms with E-state index >= 15 is 0 Å². The van der Waals surface area contributed by atoms with Gasteiger partial charge in [-0.05, 0) is 85.5 Å². The summed E-state index contributed by atoms with van der Waals surface area (Å²) in [5.74, 6) is 2.19.